The molecule has 0 aromatic carbocycles. The minimum atomic E-state index is -4.38. The molecule has 0 radical (unpaired) electrons. The fourth-order valence-electron chi connectivity index (χ4n) is 1.27. The first-order valence-electron chi connectivity index (χ1n) is 4.33. The number of hydrogen-bond donors (Lipinski definition) is 2. The maximum Gasteiger partial charge on any atom is 0.411 e. The number of nitrogens with one attached hydrogen (secondary N) is 2. The van der Waals surface area contributed by atoms with E-state index in [1.807, 2.05) is 5.32 Å². The van der Waals surface area contributed by atoms with Crippen molar-refractivity contribution < 1.29 is 18.0 Å². The summed E-state index contributed by atoms with van der Waals surface area (Å²) in [7, 11) is 0. The molecule has 2 rings (SSSR count). The van der Waals surface area contributed by atoms with Gasteiger partial charge in [0.15, 0.2) is 0 Å². The number of alkyl halides is 3. The number of rotatable bonds is 2. The standard InChI is InChI=1S/C8H8F3N3O/c9-8(10,11)7(1-2-7)14-6(15)5-3-12-13-4-5/h3-4H,1-2H2,(H,12,13)(H,14,15). The van der Waals surface area contributed by atoms with Crippen LogP contribution >= 0.6 is 0 Å². The summed E-state index contributed by atoms with van der Waals surface area (Å²) in [5.41, 5.74) is -1.91. The van der Waals surface area contributed by atoms with Crippen LogP contribution in [0.15, 0.2) is 12.4 Å². The Morgan fingerprint density at radius 1 is 1.53 bits per heavy atom. The minimum Gasteiger partial charge on any atom is -0.338 e. The molecule has 1 aromatic rings. The van der Waals surface area contributed by atoms with Crippen molar-refractivity contribution >= 4 is 5.91 Å². The molecule has 4 nitrogen and oxygen atoms in total. The van der Waals surface area contributed by atoms with E-state index in [4.69, 9.17) is 0 Å². The molecule has 7 heteroatoms. The van der Waals surface area contributed by atoms with Gasteiger partial charge in [-0.05, 0) is 12.8 Å². The van der Waals surface area contributed by atoms with Crippen molar-refractivity contribution in [2.24, 2.45) is 0 Å². The average Bonchev–Trinajstić information content (AvgIpc) is 2.74. The quantitative estimate of drug-likeness (QED) is 0.786. The van der Waals surface area contributed by atoms with Crippen LogP contribution in [0.2, 0.25) is 0 Å². The number of amides is 1. The van der Waals surface area contributed by atoms with Gasteiger partial charge >= 0.3 is 6.18 Å². The monoisotopic (exact) mass is 219 g/mol. The average molecular weight is 219 g/mol. The van der Waals surface area contributed by atoms with Gasteiger partial charge in [-0.3, -0.25) is 9.89 Å². The summed E-state index contributed by atoms with van der Waals surface area (Å²) >= 11 is 0. The zero-order valence-electron chi connectivity index (χ0n) is 7.56. The predicted octanol–water partition coefficient (Wildman–Crippen LogP) is 1.23. The minimum absolute atomic E-state index is 0.0555. The lowest BCUT2D eigenvalue weighted by atomic mass is 10.2. The Morgan fingerprint density at radius 2 is 2.20 bits per heavy atom. The Bertz CT molecular complexity index is 367. The molecule has 15 heavy (non-hydrogen) atoms. The molecule has 1 aliphatic rings. The molecule has 2 N–H and O–H groups in total. The molecule has 0 bridgehead atoms. The van der Waals surface area contributed by atoms with Gasteiger partial charge in [-0.25, -0.2) is 0 Å². The highest BCUT2D eigenvalue weighted by molar-refractivity contribution is 5.94. The van der Waals surface area contributed by atoms with Crippen LogP contribution in [0.3, 0.4) is 0 Å². The lowest BCUT2D eigenvalue weighted by Gasteiger charge is -2.20. The molecule has 0 aliphatic heterocycles. The first kappa shape index (κ1) is 10.0. The largest absolute Gasteiger partial charge is 0.411 e. The first-order chi connectivity index (χ1) is 6.95. The Balaban J connectivity index is 2.08. The van der Waals surface area contributed by atoms with E-state index in [0.717, 1.165) is 0 Å². The fourth-order valence-corrected chi connectivity index (χ4v) is 1.27. The molecule has 1 saturated carbocycles. The summed E-state index contributed by atoms with van der Waals surface area (Å²) in [6.07, 6.45) is -2.06. The van der Waals surface area contributed by atoms with Crippen LogP contribution in [0.5, 0.6) is 0 Å². The Kier molecular flexibility index (Phi) is 1.99. The van der Waals surface area contributed by atoms with Gasteiger partial charge in [0.25, 0.3) is 5.91 Å². The second kappa shape index (κ2) is 2.98. The Labute approximate surface area is 82.9 Å². The highest BCUT2D eigenvalue weighted by Crippen LogP contribution is 2.48. The third-order valence-corrected chi connectivity index (χ3v) is 2.41. The Morgan fingerprint density at radius 3 is 2.60 bits per heavy atom. The number of hydrogen-bond acceptors (Lipinski definition) is 2. The molecular weight excluding hydrogens is 211 g/mol. The zero-order chi connectivity index (χ0) is 11.1. The molecular formula is C8H8F3N3O. The predicted molar refractivity (Wildman–Crippen MR) is 44.1 cm³/mol. The van der Waals surface area contributed by atoms with E-state index in [2.05, 4.69) is 10.2 Å². The van der Waals surface area contributed by atoms with Crippen LogP contribution in [-0.4, -0.2) is 27.8 Å². The third-order valence-electron chi connectivity index (χ3n) is 2.41. The van der Waals surface area contributed by atoms with E-state index in [1.54, 1.807) is 0 Å². The molecule has 0 atom stereocenters. The van der Waals surface area contributed by atoms with Gasteiger partial charge in [0.1, 0.15) is 5.54 Å². The van der Waals surface area contributed by atoms with Crippen molar-refractivity contribution in [3.05, 3.63) is 18.0 Å². The van der Waals surface area contributed by atoms with Crippen molar-refractivity contribution in [2.75, 3.05) is 0 Å². The number of halogens is 3. The lowest BCUT2D eigenvalue weighted by Crippen LogP contribution is -2.47. The normalized spacial score (nSPS) is 18.6. The van der Waals surface area contributed by atoms with E-state index < -0.39 is 17.6 Å². The zero-order valence-corrected chi connectivity index (χ0v) is 7.56. The van der Waals surface area contributed by atoms with Gasteiger partial charge in [0.05, 0.1) is 11.8 Å². The molecule has 1 aromatic heterocycles. The van der Waals surface area contributed by atoms with Crippen LogP contribution in [0.4, 0.5) is 13.2 Å². The molecule has 0 unspecified atom stereocenters. The number of nitrogens with zero attached hydrogens (tertiary/aromatic N) is 1. The lowest BCUT2D eigenvalue weighted by molar-refractivity contribution is -0.163. The Hall–Kier alpha value is -1.53. The summed E-state index contributed by atoms with van der Waals surface area (Å²) in [5.74, 6) is -0.751. The van der Waals surface area contributed by atoms with Crippen molar-refractivity contribution in [2.45, 2.75) is 24.6 Å². The van der Waals surface area contributed by atoms with Gasteiger partial charge in [-0.15, -0.1) is 0 Å². The summed E-state index contributed by atoms with van der Waals surface area (Å²) < 4.78 is 37.4. The van der Waals surface area contributed by atoms with Crippen LogP contribution < -0.4 is 5.32 Å². The van der Waals surface area contributed by atoms with Gasteiger partial charge in [-0.2, -0.15) is 18.3 Å². The SMILES string of the molecule is O=C(NC1(C(F)(F)F)CC1)c1cn[nH]c1. The van der Waals surface area contributed by atoms with Crippen molar-refractivity contribution in [1.82, 2.24) is 15.5 Å². The molecule has 1 fully saturated rings. The number of carbonyl (C=O) groups excluding carboxylic acids is 1. The summed E-state index contributed by atoms with van der Waals surface area (Å²) in [5, 5.41) is 7.84. The third kappa shape index (κ3) is 1.69. The number of carbonyl (C=O) groups is 1. The number of aromatic nitrogens is 2. The highest BCUT2D eigenvalue weighted by Gasteiger charge is 2.64. The summed E-state index contributed by atoms with van der Waals surface area (Å²) in [6.45, 7) is 0. The van der Waals surface area contributed by atoms with Crippen LogP contribution in [-0.2, 0) is 0 Å². The van der Waals surface area contributed by atoms with Crippen molar-refractivity contribution in [1.29, 1.82) is 0 Å². The summed E-state index contributed by atoms with van der Waals surface area (Å²) in [4.78, 5) is 11.3. The number of H-pyrrole nitrogens is 1. The van der Waals surface area contributed by atoms with Gasteiger partial charge in [0, 0.05) is 6.20 Å². The van der Waals surface area contributed by atoms with Crippen molar-refractivity contribution in [3.63, 3.8) is 0 Å². The molecule has 1 aliphatic carbocycles. The van der Waals surface area contributed by atoms with Gasteiger partial charge in [0.2, 0.25) is 0 Å². The maximum atomic E-state index is 12.5. The van der Waals surface area contributed by atoms with Crippen molar-refractivity contribution in [3.8, 4) is 0 Å². The fraction of sp³-hybridized carbons (Fsp3) is 0.500. The second-order valence-electron chi connectivity index (χ2n) is 3.52. The summed E-state index contributed by atoms with van der Waals surface area (Å²) in [6, 6.07) is 0. The van der Waals surface area contributed by atoms with Crippen LogP contribution in [0.1, 0.15) is 23.2 Å². The molecule has 0 spiro atoms. The topological polar surface area (TPSA) is 57.8 Å². The van der Waals surface area contributed by atoms with Gasteiger partial charge in [-0.1, -0.05) is 0 Å². The first-order valence-corrected chi connectivity index (χ1v) is 4.33. The van der Waals surface area contributed by atoms with E-state index in [-0.39, 0.29) is 18.4 Å². The van der Waals surface area contributed by atoms with E-state index in [1.165, 1.54) is 12.4 Å². The van der Waals surface area contributed by atoms with Crippen LogP contribution in [0, 0.1) is 0 Å². The van der Waals surface area contributed by atoms with Gasteiger partial charge < -0.3 is 5.32 Å². The van der Waals surface area contributed by atoms with Crippen LogP contribution in [0.25, 0.3) is 0 Å². The van der Waals surface area contributed by atoms with E-state index in [0.29, 0.717) is 0 Å². The highest BCUT2D eigenvalue weighted by atomic mass is 19.4. The maximum absolute atomic E-state index is 12.5. The molecule has 1 amide bonds. The van der Waals surface area contributed by atoms with E-state index in [9.17, 15) is 18.0 Å². The smallest absolute Gasteiger partial charge is 0.338 e. The number of aromatic amines is 1. The second-order valence-corrected chi connectivity index (χ2v) is 3.52. The molecule has 82 valence electrons. The molecule has 0 saturated heterocycles. The molecule has 1 heterocycles. The van der Waals surface area contributed by atoms with E-state index >= 15 is 0 Å².